The number of carbonyl (C=O) groups excluding carboxylic acids is 1. The third-order valence-corrected chi connectivity index (χ3v) is 4.70. The summed E-state index contributed by atoms with van der Waals surface area (Å²) in [5, 5.41) is 0. The second kappa shape index (κ2) is 6.44. The fourth-order valence-electron chi connectivity index (χ4n) is 2.16. The Bertz CT molecular complexity index is 615. The van der Waals surface area contributed by atoms with E-state index in [-0.39, 0.29) is 17.7 Å². The molecule has 1 saturated heterocycles. The van der Waals surface area contributed by atoms with E-state index in [4.69, 9.17) is 4.74 Å². The SMILES string of the molecule is CCS(=O)(=O)Nc1cccc(C(=O)N2CCOCC2C)c1. The summed E-state index contributed by atoms with van der Waals surface area (Å²) in [6.45, 7) is 5.09. The molecule has 0 bridgehead atoms. The van der Waals surface area contributed by atoms with Crippen LogP contribution in [0.2, 0.25) is 0 Å². The fraction of sp³-hybridized carbons (Fsp3) is 0.500. The van der Waals surface area contributed by atoms with E-state index in [9.17, 15) is 13.2 Å². The molecule has 1 amide bonds. The molecule has 1 atom stereocenters. The summed E-state index contributed by atoms with van der Waals surface area (Å²) in [5.41, 5.74) is 0.878. The van der Waals surface area contributed by atoms with Crippen LogP contribution < -0.4 is 4.72 Å². The Kier molecular flexibility index (Phi) is 4.84. The maximum Gasteiger partial charge on any atom is 0.254 e. The molecule has 0 aromatic heterocycles. The molecule has 0 saturated carbocycles. The number of rotatable bonds is 4. The lowest BCUT2D eigenvalue weighted by molar-refractivity contribution is 0.00360. The first-order chi connectivity index (χ1) is 9.93. The molecule has 7 heteroatoms. The van der Waals surface area contributed by atoms with Crippen molar-refractivity contribution in [3.63, 3.8) is 0 Å². The summed E-state index contributed by atoms with van der Waals surface area (Å²) in [6, 6.07) is 6.58. The van der Waals surface area contributed by atoms with Gasteiger partial charge in [-0.1, -0.05) is 6.07 Å². The predicted octanol–water partition coefficient (Wildman–Crippen LogP) is 1.31. The van der Waals surface area contributed by atoms with Crippen molar-refractivity contribution < 1.29 is 17.9 Å². The number of carbonyl (C=O) groups is 1. The van der Waals surface area contributed by atoms with E-state index in [1.165, 1.54) is 0 Å². The molecular weight excluding hydrogens is 292 g/mol. The van der Waals surface area contributed by atoms with E-state index < -0.39 is 10.0 Å². The largest absolute Gasteiger partial charge is 0.377 e. The molecule has 21 heavy (non-hydrogen) atoms. The maximum absolute atomic E-state index is 12.5. The lowest BCUT2D eigenvalue weighted by Gasteiger charge is -2.33. The van der Waals surface area contributed by atoms with E-state index in [0.29, 0.717) is 31.0 Å². The van der Waals surface area contributed by atoms with Gasteiger partial charge in [0.25, 0.3) is 5.91 Å². The highest BCUT2D eigenvalue weighted by molar-refractivity contribution is 7.92. The number of nitrogens with zero attached hydrogens (tertiary/aromatic N) is 1. The van der Waals surface area contributed by atoms with Gasteiger partial charge in [0.2, 0.25) is 10.0 Å². The molecule has 1 aliphatic heterocycles. The van der Waals surface area contributed by atoms with Crippen LogP contribution in [0.4, 0.5) is 5.69 Å². The Morgan fingerprint density at radius 2 is 2.24 bits per heavy atom. The minimum Gasteiger partial charge on any atom is -0.377 e. The Hall–Kier alpha value is -1.60. The van der Waals surface area contributed by atoms with E-state index in [1.807, 2.05) is 6.92 Å². The van der Waals surface area contributed by atoms with Crippen molar-refractivity contribution in [1.82, 2.24) is 4.90 Å². The number of morpholine rings is 1. The quantitative estimate of drug-likeness (QED) is 0.909. The first-order valence-electron chi connectivity index (χ1n) is 6.92. The number of benzene rings is 1. The van der Waals surface area contributed by atoms with Crippen molar-refractivity contribution in [1.29, 1.82) is 0 Å². The zero-order valence-electron chi connectivity index (χ0n) is 12.2. The second-order valence-corrected chi connectivity index (χ2v) is 7.02. The zero-order valence-corrected chi connectivity index (χ0v) is 13.0. The number of hydrogen-bond donors (Lipinski definition) is 1. The number of amides is 1. The van der Waals surface area contributed by atoms with Gasteiger partial charge in [0.1, 0.15) is 0 Å². The summed E-state index contributed by atoms with van der Waals surface area (Å²) >= 11 is 0. The number of anilines is 1. The molecular formula is C14H20N2O4S. The second-order valence-electron chi connectivity index (χ2n) is 5.01. The minimum atomic E-state index is -3.35. The normalized spacial score (nSPS) is 19.3. The van der Waals surface area contributed by atoms with Gasteiger partial charge in [-0.2, -0.15) is 0 Å². The van der Waals surface area contributed by atoms with Gasteiger partial charge in [0.15, 0.2) is 0 Å². The third kappa shape index (κ3) is 3.95. The molecule has 1 unspecified atom stereocenters. The first-order valence-corrected chi connectivity index (χ1v) is 8.57. The van der Waals surface area contributed by atoms with Gasteiger partial charge in [-0.15, -0.1) is 0 Å². The summed E-state index contributed by atoms with van der Waals surface area (Å²) in [7, 11) is -3.35. The van der Waals surface area contributed by atoms with Gasteiger partial charge in [0.05, 0.1) is 25.0 Å². The van der Waals surface area contributed by atoms with Crippen LogP contribution in [0.1, 0.15) is 24.2 Å². The summed E-state index contributed by atoms with van der Waals surface area (Å²) in [5.74, 6) is -0.116. The molecule has 0 aliphatic carbocycles. The van der Waals surface area contributed by atoms with Crippen LogP contribution in [0.5, 0.6) is 0 Å². The van der Waals surface area contributed by atoms with Crippen LogP contribution in [0.15, 0.2) is 24.3 Å². The number of sulfonamides is 1. The Morgan fingerprint density at radius 1 is 1.48 bits per heavy atom. The van der Waals surface area contributed by atoms with Gasteiger partial charge < -0.3 is 9.64 Å². The number of nitrogens with one attached hydrogen (secondary N) is 1. The van der Waals surface area contributed by atoms with E-state index in [1.54, 1.807) is 36.1 Å². The average Bonchev–Trinajstić information content (AvgIpc) is 2.47. The fourth-order valence-corrected chi connectivity index (χ4v) is 2.79. The lowest BCUT2D eigenvalue weighted by Crippen LogP contribution is -2.47. The van der Waals surface area contributed by atoms with Crippen LogP contribution in [-0.4, -0.2) is 50.8 Å². The highest BCUT2D eigenvalue weighted by Gasteiger charge is 2.24. The van der Waals surface area contributed by atoms with Crippen molar-refractivity contribution >= 4 is 21.6 Å². The minimum absolute atomic E-state index is 0.00826. The van der Waals surface area contributed by atoms with Crippen LogP contribution in [-0.2, 0) is 14.8 Å². The zero-order chi connectivity index (χ0) is 15.5. The molecule has 6 nitrogen and oxygen atoms in total. The topological polar surface area (TPSA) is 75.7 Å². The van der Waals surface area contributed by atoms with Crippen LogP contribution in [0.25, 0.3) is 0 Å². The van der Waals surface area contributed by atoms with Crippen molar-refractivity contribution in [2.45, 2.75) is 19.9 Å². The molecule has 2 rings (SSSR count). The third-order valence-electron chi connectivity index (χ3n) is 3.39. The van der Waals surface area contributed by atoms with Crippen molar-refractivity contribution in [3.05, 3.63) is 29.8 Å². The molecule has 1 heterocycles. The first kappa shape index (κ1) is 15.8. The van der Waals surface area contributed by atoms with E-state index >= 15 is 0 Å². The highest BCUT2D eigenvalue weighted by Crippen LogP contribution is 2.17. The van der Waals surface area contributed by atoms with Crippen LogP contribution in [0, 0.1) is 0 Å². The summed E-state index contributed by atoms with van der Waals surface area (Å²) in [4.78, 5) is 14.2. The molecule has 1 aromatic rings. The number of ether oxygens (including phenoxy) is 1. The molecule has 0 radical (unpaired) electrons. The average molecular weight is 312 g/mol. The van der Waals surface area contributed by atoms with Gasteiger partial charge in [-0.05, 0) is 32.0 Å². The Morgan fingerprint density at radius 3 is 2.90 bits per heavy atom. The van der Waals surface area contributed by atoms with Gasteiger partial charge in [-0.25, -0.2) is 8.42 Å². The predicted molar refractivity (Wildman–Crippen MR) is 80.8 cm³/mol. The van der Waals surface area contributed by atoms with Gasteiger partial charge in [0, 0.05) is 17.8 Å². The van der Waals surface area contributed by atoms with Crippen molar-refractivity contribution in [2.24, 2.45) is 0 Å². The smallest absolute Gasteiger partial charge is 0.254 e. The van der Waals surface area contributed by atoms with Crippen LogP contribution in [0.3, 0.4) is 0 Å². The van der Waals surface area contributed by atoms with Crippen molar-refractivity contribution in [3.8, 4) is 0 Å². The Labute approximate surface area is 125 Å². The standard InChI is InChI=1S/C14H20N2O4S/c1-3-21(18,19)15-13-6-4-5-12(9-13)14(17)16-7-8-20-10-11(16)2/h4-6,9,11,15H,3,7-8,10H2,1-2H3. The lowest BCUT2D eigenvalue weighted by atomic mass is 10.1. The molecule has 1 N–H and O–H groups in total. The van der Waals surface area contributed by atoms with E-state index in [0.717, 1.165) is 0 Å². The summed E-state index contributed by atoms with van der Waals surface area (Å²) < 4.78 is 30.9. The number of hydrogen-bond acceptors (Lipinski definition) is 4. The molecule has 116 valence electrons. The molecule has 1 fully saturated rings. The highest BCUT2D eigenvalue weighted by atomic mass is 32.2. The maximum atomic E-state index is 12.5. The van der Waals surface area contributed by atoms with Gasteiger partial charge in [-0.3, -0.25) is 9.52 Å². The van der Waals surface area contributed by atoms with Crippen LogP contribution >= 0.6 is 0 Å². The molecule has 1 aliphatic rings. The summed E-state index contributed by atoms with van der Waals surface area (Å²) in [6.07, 6.45) is 0. The monoisotopic (exact) mass is 312 g/mol. The van der Waals surface area contributed by atoms with Crippen molar-refractivity contribution in [2.75, 3.05) is 30.2 Å². The Balaban J connectivity index is 2.18. The molecule has 0 spiro atoms. The van der Waals surface area contributed by atoms with Gasteiger partial charge >= 0.3 is 0 Å². The van der Waals surface area contributed by atoms with E-state index in [2.05, 4.69) is 4.72 Å². The molecule has 1 aromatic carbocycles.